The molecule has 0 aliphatic carbocycles. The predicted octanol–water partition coefficient (Wildman–Crippen LogP) is 2.05. The molecule has 1 aromatic carbocycles. The lowest BCUT2D eigenvalue weighted by Gasteiger charge is -2.43. The van der Waals surface area contributed by atoms with Crippen molar-refractivity contribution in [1.29, 1.82) is 0 Å². The molecule has 4 nitrogen and oxygen atoms in total. The average Bonchev–Trinajstić information content (AvgIpc) is 2.49. The number of hydrogen-bond donors (Lipinski definition) is 2. The third kappa shape index (κ3) is 3.96. The number of aliphatic hydroxyl groups is 1. The maximum absolute atomic E-state index is 9.86. The monoisotopic (exact) mass is 292 g/mol. The van der Waals surface area contributed by atoms with Crippen LogP contribution in [0.1, 0.15) is 32.4 Å². The van der Waals surface area contributed by atoms with Crippen LogP contribution < -0.4 is 10.1 Å². The summed E-state index contributed by atoms with van der Waals surface area (Å²) in [7, 11) is 0. The first-order valence-corrected chi connectivity index (χ1v) is 7.87. The van der Waals surface area contributed by atoms with Crippen molar-refractivity contribution in [2.75, 3.05) is 39.4 Å². The van der Waals surface area contributed by atoms with E-state index in [4.69, 9.17) is 4.74 Å². The first kappa shape index (κ1) is 16.3. The summed E-state index contributed by atoms with van der Waals surface area (Å²) >= 11 is 0. The maximum Gasteiger partial charge on any atom is 0.119 e. The van der Waals surface area contributed by atoms with Crippen molar-refractivity contribution in [2.45, 2.75) is 26.8 Å². The lowest BCUT2D eigenvalue weighted by Crippen LogP contribution is -2.49. The van der Waals surface area contributed by atoms with Gasteiger partial charge in [0.2, 0.25) is 0 Å². The fourth-order valence-corrected chi connectivity index (χ4v) is 3.12. The topological polar surface area (TPSA) is 44.7 Å². The van der Waals surface area contributed by atoms with Crippen LogP contribution in [0, 0.1) is 5.41 Å². The normalized spacial score (nSPS) is 18.5. The number of rotatable bonds is 6. The van der Waals surface area contributed by atoms with Gasteiger partial charge in [0.15, 0.2) is 0 Å². The quantitative estimate of drug-likeness (QED) is 0.842. The summed E-state index contributed by atoms with van der Waals surface area (Å²) in [5.74, 6) is 0.906. The van der Waals surface area contributed by atoms with E-state index in [1.165, 1.54) is 5.56 Å². The minimum Gasteiger partial charge on any atom is -0.494 e. The van der Waals surface area contributed by atoms with E-state index in [0.29, 0.717) is 6.61 Å². The average molecular weight is 292 g/mol. The van der Waals surface area contributed by atoms with E-state index in [1.54, 1.807) is 0 Å². The first-order valence-electron chi connectivity index (χ1n) is 7.87. The van der Waals surface area contributed by atoms with E-state index < -0.39 is 0 Å². The second-order valence-electron chi connectivity index (χ2n) is 6.34. The highest BCUT2D eigenvalue weighted by atomic mass is 16.5. The summed E-state index contributed by atoms with van der Waals surface area (Å²) in [5, 5.41) is 13.2. The Bertz CT molecular complexity index is 442. The van der Waals surface area contributed by atoms with Gasteiger partial charge in [-0.2, -0.15) is 0 Å². The fraction of sp³-hybridized carbons (Fsp3) is 0.647. The molecule has 0 unspecified atom stereocenters. The number of nitrogens with zero attached hydrogens (tertiary/aromatic N) is 1. The van der Waals surface area contributed by atoms with E-state index in [9.17, 15) is 5.11 Å². The van der Waals surface area contributed by atoms with Gasteiger partial charge in [0.1, 0.15) is 5.75 Å². The zero-order valence-electron chi connectivity index (χ0n) is 13.4. The summed E-state index contributed by atoms with van der Waals surface area (Å²) in [6.07, 6.45) is 0. The summed E-state index contributed by atoms with van der Waals surface area (Å²) in [6.45, 7) is 11.1. The van der Waals surface area contributed by atoms with Gasteiger partial charge < -0.3 is 15.2 Å². The molecule has 0 radical (unpaired) electrons. The largest absolute Gasteiger partial charge is 0.494 e. The molecule has 0 spiro atoms. The van der Waals surface area contributed by atoms with Gasteiger partial charge in [0.25, 0.3) is 0 Å². The van der Waals surface area contributed by atoms with Gasteiger partial charge in [-0.3, -0.25) is 4.90 Å². The summed E-state index contributed by atoms with van der Waals surface area (Å²) < 4.78 is 5.64. The summed E-state index contributed by atoms with van der Waals surface area (Å²) in [5.41, 5.74) is 1.03. The van der Waals surface area contributed by atoms with Crippen LogP contribution in [0.25, 0.3) is 0 Å². The zero-order valence-corrected chi connectivity index (χ0v) is 13.4. The van der Waals surface area contributed by atoms with Crippen LogP contribution in [-0.2, 0) is 0 Å². The summed E-state index contributed by atoms with van der Waals surface area (Å²) in [6, 6.07) is 8.50. The van der Waals surface area contributed by atoms with Gasteiger partial charge in [-0.05, 0) is 24.6 Å². The lowest BCUT2D eigenvalue weighted by molar-refractivity contribution is 0.0304. The molecule has 2 N–H and O–H groups in total. The number of benzene rings is 1. The van der Waals surface area contributed by atoms with E-state index in [1.807, 2.05) is 19.1 Å². The highest BCUT2D eigenvalue weighted by Crippen LogP contribution is 2.39. The molecule has 1 fully saturated rings. The van der Waals surface area contributed by atoms with Gasteiger partial charge in [0, 0.05) is 44.2 Å². The van der Waals surface area contributed by atoms with Gasteiger partial charge in [0.05, 0.1) is 6.61 Å². The standard InChI is InChI=1S/C17H28N2O2/c1-4-21-15-7-5-6-14(12-15)16(17(2,3)13-20)19-10-8-18-9-11-19/h5-7,12,16,18,20H,4,8-11,13H2,1-3H3/t16-/m0/s1. The van der Waals surface area contributed by atoms with Crippen molar-refractivity contribution >= 4 is 0 Å². The molecule has 1 aromatic rings. The third-order valence-corrected chi connectivity index (χ3v) is 4.15. The smallest absolute Gasteiger partial charge is 0.119 e. The fourth-order valence-electron chi connectivity index (χ4n) is 3.12. The van der Waals surface area contributed by atoms with Crippen molar-refractivity contribution in [3.63, 3.8) is 0 Å². The molecule has 0 bridgehead atoms. The molecule has 2 rings (SSSR count). The second kappa shape index (κ2) is 7.25. The van der Waals surface area contributed by atoms with Crippen LogP contribution >= 0.6 is 0 Å². The molecule has 1 saturated heterocycles. The molecule has 1 heterocycles. The Labute approximate surface area is 128 Å². The molecule has 0 aromatic heterocycles. The molecule has 118 valence electrons. The first-order chi connectivity index (χ1) is 10.1. The van der Waals surface area contributed by atoms with Crippen LogP contribution in [0.2, 0.25) is 0 Å². The number of aliphatic hydroxyl groups excluding tert-OH is 1. The van der Waals surface area contributed by atoms with Crippen molar-refractivity contribution in [3.8, 4) is 5.75 Å². The van der Waals surface area contributed by atoms with Gasteiger partial charge in [-0.15, -0.1) is 0 Å². The Morgan fingerprint density at radius 3 is 2.67 bits per heavy atom. The Morgan fingerprint density at radius 2 is 2.05 bits per heavy atom. The number of nitrogens with one attached hydrogen (secondary N) is 1. The van der Waals surface area contributed by atoms with Crippen LogP contribution in [0.15, 0.2) is 24.3 Å². The molecule has 0 amide bonds. The molecular formula is C17H28N2O2. The molecule has 1 atom stereocenters. The van der Waals surface area contributed by atoms with Crippen LogP contribution in [0.4, 0.5) is 0 Å². The molecular weight excluding hydrogens is 264 g/mol. The van der Waals surface area contributed by atoms with Crippen molar-refractivity contribution in [2.24, 2.45) is 5.41 Å². The molecule has 1 aliphatic heterocycles. The minimum absolute atomic E-state index is 0.167. The number of piperazine rings is 1. The second-order valence-corrected chi connectivity index (χ2v) is 6.34. The highest BCUT2D eigenvalue weighted by Gasteiger charge is 2.35. The van der Waals surface area contributed by atoms with Crippen molar-refractivity contribution in [3.05, 3.63) is 29.8 Å². The number of hydrogen-bond acceptors (Lipinski definition) is 4. The van der Waals surface area contributed by atoms with Crippen LogP contribution in [-0.4, -0.2) is 49.4 Å². The van der Waals surface area contributed by atoms with Gasteiger partial charge in [-0.1, -0.05) is 26.0 Å². The van der Waals surface area contributed by atoms with Crippen molar-refractivity contribution in [1.82, 2.24) is 10.2 Å². The SMILES string of the molecule is CCOc1cccc([C@H](N2CCNCC2)C(C)(C)CO)c1. The molecule has 4 heteroatoms. The maximum atomic E-state index is 9.86. The zero-order chi connectivity index (χ0) is 15.3. The molecule has 21 heavy (non-hydrogen) atoms. The molecule has 1 aliphatic rings. The highest BCUT2D eigenvalue weighted by molar-refractivity contribution is 5.32. The van der Waals surface area contributed by atoms with E-state index in [-0.39, 0.29) is 18.1 Å². The predicted molar refractivity (Wildman–Crippen MR) is 85.7 cm³/mol. The van der Waals surface area contributed by atoms with Crippen molar-refractivity contribution < 1.29 is 9.84 Å². The van der Waals surface area contributed by atoms with Gasteiger partial charge >= 0.3 is 0 Å². The van der Waals surface area contributed by atoms with Gasteiger partial charge in [-0.25, -0.2) is 0 Å². The third-order valence-electron chi connectivity index (χ3n) is 4.15. The Kier molecular flexibility index (Phi) is 5.62. The van der Waals surface area contributed by atoms with E-state index in [2.05, 4.69) is 36.2 Å². The Balaban J connectivity index is 2.31. The Hall–Kier alpha value is -1.10. The number of ether oxygens (including phenoxy) is 1. The summed E-state index contributed by atoms with van der Waals surface area (Å²) in [4.78, 5) is 2.47. The van der Waals surface area contributed by atoms with E-state index >= 15 is 0 Å². The minimum atomic E-state index is -0.192. The Morgan fingerprint density at radius 1 is 1.33 bits per heavy atom. The van der Waals surface area contributed by atoms with Crippen LogP contribution in [0.5, 0.6) is 5.75 Å². The van der Waals surface area contributed by atoms with E-state index in [0.717, 1.165) is 31.9 Å². The molecule has 0 saturated carbocycles. The van der Waals surface area contributed by atoms with Crippen LogP contribution in [0.3, 0.4) is 0 Å². The lowest BCUT2D eigenvalue weighted by atomic mass is 9.79.